The van der Waals surface area contributed by atoms with E-state index in [-0.39, 0.29) is 13.2 Å². The van der Waals surface area contributed by atoms with E-state index in [1.165, 1.54) is 23.3 Å². The minimum absolute atomic E-state index is 0.000436. The van der Waals surface area contributed by atoms with Gasteiger partial charge in [0, 0.05) is 35.7 Å². The Morgan fingerprint density at radius 1 is 1.48 bits per heavy atom. The molecule has 21 heavy (non-hydrogen) atoms. The molecule has 0 aromatic carbocycles. The molecule has 0 unspecified atom stereocenters. The summed E-state index contributed by atoms with van der Waals surface area (Å²) < 4.78 is 36.2. The van der Waals surface area contributed by atoms with E-state index in [9.17, 15) is 18.0 Å². The lowest BCUT2D eigenvalue weighted by Crippen LogP contribution is -2.27. The quantitative estimate of drug-likeness (QED) is 0.848. The van der Waals surface area contributed by atoms with Gasteiger partial charge in [0.15, 0.2) is 0 Å². The van der Waals surface area contributed by atoms with Gasteiger partial charge in [-0.2, -0.15) is 13.2 Å². The Morgan fingerprint density at radius 3 is 2.81 bits per heavy atom. The Labute approximate surface area is 125 Å². The fraction of sp³-hybridized carbons (Fsp3) is 0.500. The smallest absolute Gasteiger partial charge is 0.389 e. The molecule has 0 aliphatic carbocycles. The summed E-state index contributed by atoms with van der Waals surface area (Å²) in [5, 5.41) is 10.4. The highest BCUT2D eigenvalue weighted by Gasteiger charge is 2.28. The third kappa shape index (κ3) is 7.16. The van der Waals surface area contributed by atoms with Crippen LogP contribution in [-0.4, -0.2) is 35.7 Å². The van der Waals surface area contributed by atoms with Crippen molar-refractivity contribution in [3.05, 3.63) is 21.9 Å². The van der Waals surface area contributed by atoms with Gasteiger partial charge in [-0.3, -0.25) is 4.79 Å². The molecule has 1 aromatic heterocycles. The number of rotatable bonds is 5. The molecule has 0 saturated heterocycles. The van der Waals surface area contributed by atoms with Crippen molar-refractivity contribution >= 4 is 17.2 Å². The van der Waals surface area contributed by atoms with Gasteiger partial charge >= 0.3 is 6.18 Å². The Balaban J connectivity index is 2.49. The molecule has 0 saturated carbocycles. The molecular formula is C14H16F3NO2S. The molecule has 7 heteroatoms. The minimum Gasteiger partial charge on any atom is -0.395 e. The second-order valence-corrected chi connectivity index (χ2v) is 5.44. The fourth-order valence-corrected chi connectivity index (χ4v) is 2.38. The number of aliphatic hydroxyl groups is 1. The average molecular weight is 319 g/mol. The van der Waals surface area contributed by atoms with E-state index in [4.69, 9.17) is 5.11 Å². The van der Waals surface area contributed by atoms with Gasteiger partial charge in [-0.1, -0.05) is 11.8 Å². The highest BCUT2D eigenvalue weighted by molar-refractivity contribution is 7.10. The molecule has 0 aliphatic heterocycles. The highest BCUT2D eigenvalue weighted by atomic mass is 32.1. The van der Waals surface area contributed by atoms with Crippen molar-refractivity contribution in [2.24, 2.45) is 0 Å². The summed E-state index contributed by atoms with van der Waals surface area (Å²) in [5.41, 5.74) is 0.777. The Kier molecular flexibility index (Phi) is 6.72. The number of aliphatic hydroxyl groups excluding tert-OH is 1. The van der Waals surface area contributed by atoms with Crippen LogP contribution in [0, 0.1) is 11.8 Å². The van der Waals surface area contributed by atoms with Crippen LogP contribution in [0.25, 0.3) is 0 Å². The molecule has 1 heterocycles. The highest BCUT2D eigenvalue weighted by Crippen LogP contribution is 2.22. The van der Waals surface area contributed by atoms with E-state index < -0.39 is 24.9 Å². The number of nitrogens with zero attached hydrogens (tertiary/aromatic N) is 1. The topological polar surface area (TPSA) is 40.5 Å². The predicted octanol–water partition coefficient (Wildman–Crippen LogP) is 2.78. The normalized spacial score (nSPS) is 10.9. The molecule has 0 fully saturated rings. The first kappa shape index (κ1) is 17.5. The van der Waals surface area contributed by atoms with E-state index in [0.29, 0.717) is 6.42 Å². The number of thiophene rings is 1. The summed E-state index contributed by atoms with van der Waals surface area (Å²) in [6.07, 6.45) is -5.55. The van der Waals surface area contributed by atoms with Crippen molar-refractivity contribution in [3.8, 4) is 11.8 Å². The molecule has 0 aliphatic rings. The van der Waals surface area contributed by atoms with Gasteiger partial charge in [-0.25, -0.2) is 0 Å². The van der Waals surface area contributed by atoms with E-state index in [1.54, 1.807) is 6.07 Å². The third-order valence-corrected chi connectivity index (χ3v) is 3.49. The molecule has 0 radical (unpaired) electrons. The molecule has 1 amide bonds. The number of carbonyl (C=O) groups excluding carboxylic acids is 1. The van der Waals surface area contributed by atoms with Crippen LogP contribution < -0.4 is 0 Å². The zero-order chi connectivity index (χ0) is 15.9. The van der Waals surface area contributed by atoms with Gasteiger partial charge < -0.3 is 10.0 Å². The van der Waals surface area contributed by atoms with Crippen molar-refractivity contribution < 1.29 is 23.1 Å². The van der Waals surface area contributed by atoms with Crippen LogP contribution in [0.4, 0.5) is 13.2 Å². The van der Waals surface area contributed by atoms with Crippen LogP contribution in [-0.2, 0) is 11.3 Å². The predicted molar refractivity (Wildman–Crippen MR) is 74.7 cm³/mol. The third-order valence-electron chi connectivity index (χ3n) is 2.56. The van der Waals surface area contributed by atoms with Crippen LogP contribution in [0.15, 0.2) is 11.4 Å². The molecule has 1 aromatic rings. The summed E-state index contributed by atoms with van der Waals surface area (Å²) in [5.74, 6) is 5.11. The van der Waals surface area contributed by atoms with Crippen molar-refractivity contribution in [1.29, 1.82) is 0 Å². The van der Waals surface area contributed by atoms with Gasteiger partial charge in [-0.15, -0.1) is 11.3 Å². The molecule has 116 valence electrons. The summed E-state index contributed by atoms with van der Waals surface area (Å²) in [4.78, 5) is 13.7. The van der Waals surface area contributed by atoms with Gasteiger partial charge in [0.05, 0.1) is 19.6 Å². The van der Waals surface area contributed by atoms with Crippen LogP contribution in [0.1, 0.15) is 29.7 Å². The number of halogens is 3. The van der Waals surface area contributed by atoms with Crippen molar-refractivity contribution in [3.63, 3.8) is 0 Å². The van der Waals surface area contributed by atoms with Crippen LogP contribution in [0.3, 0.4) is 0 Å². The van der Waals surface area contributed by atoms with Crippen molar-refractivity contribution in [1.82, 2.24) is 4.90 Å². The first-order valence-corrected chi connectivity index (χ1v) is 7.17. The summed E-state index contributed by atoms with van der Waals surface area (Å²) >= 11 is 1.40. The van der Waals surface area contributed by atoms with Gasteiger partial charge in [0.25, 0.3) is 0 Å². The number of carbonyl (C=O) groups is 1. The Hall–Kier alpha value is -1.52. The Morgan fingerprint density at radius 2 is 2.19 bits per heavy atom. The standard InChI is InChI=1S/C14H16F3NO2S/c1-18(13(20)5-6-14(15,16)17)9-12-8-11(10-21-12)4-2-3-7-19/h8,10,19H,3,5-7,9H2,1H3. The largest absolute Gasteiger partial charge is 0.395 e. The monoisotopic (exact) mass is 319 g/mol. The number of alkyl halides is 3. The van der Waals surface area contributed by atoms with Gasteiger partial charge in [0.2, 0.25) is 5.91 Å². The Bertz CT molecular complexity index is 528. The van der Waals surface area contributed by atoms with E-state index >= 15 is 0 Å². The summed E-state index contributed by atoms with van der Waals surface area (Å²) in [7, 11) is 1.48. The number of hydrogen-bond donors (Lipinski definition) is 1. The van der Waals surface area contributed by atoms with Crippen LogP contribution in [0.5, 0.6) is 0 Å². The second-order valence-electron chi connectivity index (χ2n) is 4.44. The lowest BCUT2D eigenvalue weighted by atomic mass is 10.2. The molecule has 0 atom stereocenters. The van der Waals surface area contributed by atoms with Gasteiger partial charge in [0.1, 0.15) is 0 Å². The molecule has 3 nitrogen and oxygen atoms in total. The molecular weight excluding hydrogens is 303 g/mol. The average Bonchev–Trinajstić information content (AvgIpc) is 2.83. The maximum Gasteiger partial charge on any atom is 0.389 e. The summed E-state index contributed by atoms with van der Waals surface area (Å²) in [6, 6.07) is 1.79. The SMILES string of the molecule is CN(Cc1cc(C#CCCO)cs1)C(=O)CCC(F)(F)F. The van der Waals surface area contributed by atoms with Crippen molar-refractivity contribution in [2.45, 2.75) is 32.0 Å². The number of hydrogen-bond acceptors (Lipinski definition) is 3. The lowest BCUT2D eigenvalue weighted by Gasteiger charge is -2.16. The molecule has 1 rings (SSSR count). The summed E-state index contributed by atoms with van der Waals surface area (Å²) in [6.45, 7) is 0.267. The minimum atomic E-state index is -4.31. The first-order chi connectivity index (χ1) is 9.81. The van der Waals surface area contributed by atoms with Crippen molar-refractivity contribution in [2.75, 3.05) is 13.7 Å². The molecule has 0 spiro atoms. The molecule has 1 N–H and O–H groups in total. The zero-order valence-electron chi connectivity index (χ0n) is 11.5. The number of amides is 1. The second kappa shape index (κ2) is 8.05. The first-order valence-electron chi connectivity index (χ1n) is 6.29. The lowest BCUT2D eigenvalue weighted by molar-refractivity contribution is -0.148. The van der Waals surface area contributed by atoms with Crippen LogP contribution >= 0.6 is 11.3 Å². The van der Waals surface area contributed by atoms with E-state index in [1.807, 2.05) is 5.38 Å². The van der Waals surface area contributed by atoms with Gasteiger partial charge in [-0.05, 0) is 6.07 Å². The molecule has 0 bridgehead atoms. The van der Waals surface area contributed by atoms with E-state index in [2.05, 4.69) is 11.8 Å². The maximum atomic E-state index is 12.1. The fourth-order valence-electron chi connectivity index (χ4n) is 1.51. The zero-order valence-corrected chi connectivity index (χ0v) is 12.4. The maximum absolute atomic E-state index is 12.1. The van der Waals surface area contributed by atoms with E-state index in [0.717, 1.165) is 10.4 Å². The van der Waals surface area contributed by atoms with Crippen LogP contribution in [0.2, 0.25) is 0 Å².